The van der Waals surface area contributed by atoms with Crippen LogP contribution in [0.3, 0.4) is 0 Å². The molecule has 2 fully saturated rings. The Morgan fingerprint density at radius 3 is 2.59 bits per heavy atom. The van der Waals surface area contributed by atoms with E-state index in [-0.39, 0.29) is 17.7 Å². The lowest BCUT2D eigenvalue weighted by Gasteiger charge is -2.36. The number of hydrogen-bond acceptors (Lipinski definition) is 4. The molecule has 0 unspecified atom stereocenters. The van der Waals surface area contributed by atoms with Gasteiger partial charge in [-0.15, -0.1) is 0 Å². The van der Waals surface area contributed by atoms with Crippen LogP contribution in [0.5, 0.6) is 0 Å². The van der Waals surface area contributed by atoms with Gasteiger partial charge in [0, 0.05) is 37.8 Å². The maximum atomic E-state index is 12.8. The van der Waals surface area contributed by atoms with Crippen LogP contribution in [0.1, 0.15) is 31.7 Å². The quantitative estimate of drug-likeness (QED) is 0.797. The van der Waals surface area contributed by atoms with Gasteiger partial charge in [-0.05, 0) is 43.4 Å². The number of para-hydroxylation sites is 1. The standard InChI is InChI=1S/C21H32N4O2/c1-2-16-6-3-4-9-19(16)23-20(26)15-24-10-12-25(13-11-24)21(27)18-8-5-7-17(18)14-22/h3-4,6,9,17-18H,2,5,7-8,10-15,22H2,1H3,(H,23,26)/t17-,18-/m1/s1. The van der Waals surface area contributed by atoms with Gasteiger partial charge in [0.25, 0.3) is 0 Å². The summed E-state index contributed by atoms with van der Waals surface area (Å²) in [6.45, 7) is 5.95. The van der Waals surface area contributed by atoms with Crippen molar-refractivity contribution in [3.05, 3.63) is 29.8 Å². The molecule has 2 aliphatic rings. The first-order valence-corrected chi connectivity index (χ1v) is 10.2. The number of carbonyl (C=O) groups is 2. The number of amides is 2. The Labute approximate surface area is 162 Å². The first-order valence-electron chi connectivity index (χ1n) is 10.2. The Bertz CT molecular complexity index is 655. The Morgan fingerprint density at radius 1 is 1.15 bits per heavy atom. The highest BCUT2D eigenvalue weighted by Gasteiger charge is 2.35. The van der Waals surface area contributed by atoms with Gasteiger partial charge in [0.05, 0.1) is 6.54 Å². The molecule has 2 atom stereocenters. The summed E-state index contributed by atoms with van der Waals surface area (Å²) in [6, 6.07) is 7.92. The molecule has 6 nitrogen and oxygen atoms in total. The third-order valence-electron chi connectivity index (χ3n) is 6.00. The first-order chi connectivity index (χ1) is 13.1. The summed E-state index contributed by atoms with van der Waals surface area (Å²) in [7, 11) is 0. The molecule has 0 radical (unpaired) electrons. The molecule has 1 aromatic rings. The van der Waals surface area contributed by atoms with Gasteiger partial charge in [0.15, 0.2) is 0 Å². The number of anilines is 1. The molecule has 0 spiro atoms. The molecule has 2 amide bonds. The van der Waals surface area contributed by atoms with Crippen molar-refractivity contribution in [1.29, 1.82) is 0 Å². The van der Waals surface area contributed by atoms with Crippen LogP contribution in [-0.4, -0.2) is 60.9 Å². The van der Waals surface area contributed by atoms with Gasteiger partial charge in [-0.2, -0.15) is 0 Å². The predicted molar refractivity (Wildman–Crippen MR) is 107 cm³/mol. The van der Waals surface area contributed by atoms with Gasteiger partial charge in [-0.25, -0.2) is 0 Å². The van der Waals surface area contributed by atoms with Crippen LogP contribution in [0.4, 0.5) is 5.69 Å². The topological polar surface area (TPSA) is 78.7 Å². The van der Waals surface area contributed by atoms with Crippen molar-refractivity contribution in [1.82, 2.24) is 9.80 Å². The molecule has 148 valence electrons. The third kappa shape index (κ3) is 4.87. The zero-order chi connectivity index (χ0) is 19.2. The number of nitrogens with zero attached hydrogens (tertiary/aromatic N) is 2. The van der Waals surface area contributed by atoms with Crippen molar-refractivity contribution in [2.45, 2.75) is 32.6 Å². The van der Waals surface area contributed by atoms with Gasteiger partial charge in [-0.3, -0.25) is 14.5 Å². The maximum absolute atomic E-state index is 12.8. The summed E-state index contributed by atoms with van der Waals surface area (Å²) in [5.41, 5.74) is 7.87. The summed E-state index contributed by atoms with van der Waals surface area (Å²) < 4.78 is 0. The van der Waals surface area contributed by atoms with Crippen molar-refractivity contribution < 1.29 is 9.59 Å². The molecule has 1 saturated heterocycles. The number of rotatable bonds is 6. The minimum Gasteiger partial charge on any atom is -0.340 e. The summed E-state index contributed by atoms with van der Waals surface area (Å²) in [6.07, 6.45) is 4.05. The SMILES string of the molecule is CCc1ccccc1NC(=O)CN1CCN(C(=O)[C@@H]2CCC[C@@H]2CN)CC1. The zero-order valence-electron chi connectivity index (χ0n) is 16.3. The Balaban J connectivity index is 1.46. The van der Waals surface area contributed by atoms with E-state index in [0.717, 1.165) is 50.0 Å². The number of nitrogens with one attached hydrogen (secondary N) is 1. The predicted octanol–water partition coefficient (Wildman–Crippen LogP) is 1.71. The second-order valence-electron chi connectivity index (χ2n) is 7.69. The van der Waals surface area contributed by atoms with Crippen molar-refractivity contribution in [3.63, 3.8) is 0 Å². The van der Waals surface area contributed by atoms with Gasteiger partial charge >= 0.3 is 0 Å². The van der Waals surface area contributed by atoms with Crippen molar-refractivity contribution in [2.24, 2.45) is 17.6 Å². The van der Waals surface area contributed by atoms with E-state index in [0.29, 0.717) is 32.1 Å². The maximum Gasteiger partial charge on any atom is 0.238 e. The molecule has 1 saturated carbocycles. The molecule has 1 aliphatic carbocycles. The fourth-order valence-corrected chi connectivity index (χ4v) is 4.35. The molecule has 0 aromatic heterocycles. The van der Waals surface area contributed by atoms with E-state index in [2.05, 4.69) is 17.1 Å². The van der Waals surface area contributed by atoms with Crippen LogP contribution in [-0.2, 0) is 16.0 Å². The lowest BCUT2D eigenvalue weighted by atomic mass is 9.94. The second kappa shape index (κ2) is 9.33. The van der Waals surface area contributed by atoms with E-state index in [1.807, 2.05) is 29.2 Å². The third-order valence-corrected chi connectivity index (χ3v) is 6.00. The number of carbonyl (C=O) groups excluding carboxylic acids is 2. The van der Waals surface area contributed by atoms with E-state index in [1.54, 1.807) is 0 Å². The van der Waals surface area contributed by atoms with E-state index in [1.165, 1.54) is 0 Å². The van der Waals surface area contributed by atoms with Crippen LogP contribution in [0.2, 0.25) is 0 Å². The number of nitrogens with two attached hydrogens (primary N) is 1. The van der Waals surface area contributed by atoms with Crippen molar-refractivity contribution >= 4 is 17.5 Å². The molecule has 0 bridgehead atoms. The van der Waals surface area contributed by atoms with E-state index in [4.69, 9.17) is 5.73 Å². The van der Waals surface area contributed by atoms with Crippen LogP contribution in [0.25, 0.3) is 0 Å². The molecule has 3 rings (SSSR count). The van der Waals surface area contributed by atoms with Gasteiger partial charge in [-0.1, -0.05) is 31.5 Å². The normalized spacial score (nSPS) is 23.4. The molecule has 6 heteroatoms. The number of aryl methyl sites for hydroxylation is 1. The molecule has 1 aromatic carbocycles. The van der Waals surface area contributed by atoms with Crippen LogP contribution < -0.4 is 11.1 Å². The summed E-state index contributed by atoms with van der Waals surface area (Å²) in [5.74, 6) is 0.730. The minimum atomic E-state index is 0.00895. The number of hydrogen-bond donors (Lipinski definition) is 2. The second-order valence-corrected chi connectivity index (χ2v) is 7.69. The smallest absolute Gasteiger partial charge is 0.238 e. The van der Waals surface area contributed by atoms with Crippen molar-refractivity contribution in [3.8, 4) is 0 Å². The lowest BCUT2D eigenvalue weighted by molar-refractivity contribution is -0.138. The first kappa shape index (κ1) is 19.8. The molecular formula is C21H32N4O2. The minimum absolute atomic E-state index is 0.00895. The summed E-state index contributed by atoms with van der Waals surface area (Å²) >= 11 is 0. The molecular weight excluding hydrogens is 340 g/mol. The largest absolute Gasteiger partial charge is 0.340 e. The van der Waals surface area contributed by atoms with Gasteiger partial charge in [0.1, 0.15) is 0 Å². The van der Waals surface area contributed by atoms with E-state index >= 15 is 0 Å². The summed E-state index contributed by atoms with van der Waals surface area (Å²) in [5, 5.41) is 3.03. The Morgan fingerprint density at radius 2 is 1.89 bits per heavy atom. The fraction of sp³-hybridized carbons (Fsp3) is 0.619. The molecule has 27 heavy (non-hydrogen) atoms. The lowest BCUT2D eigenvalue weighted by Crippen LogP contribution is -2.52. The molecule has 1 aliphatic heterocycles. The highest BCUT2D eigenvalue weighted by atomic mass is 16.2. The van der Waals surface area contributed by atoms with Gasteiger partial charge in [0.2, 0.25) is 11.8 Å². The molecule has 1 heterocycles. The monoisotopic (exact) mass is 372 g/mol. The average molecular weight is 373 g/mol. The van der Waals surface area contributed by atoms with Gasteiger partial charge < -0.3 is 16.0 Å². The van der Waals surface area contributed by atoms with Crippen LogP contribution in [0.15, 0.2) is 24.3 Å². The fourth-order valence-electron chi connectivity index (χ4n) is 4.35. The highest BCUT2D eigenvalue weighted by molar-refractivity contribution is 5.93. The average Bonchev–Trinajstić information content (AvgIpc) is 3.17. The highest BCUT2D eigenvalue weighted by Crippen LogP contribution is 2.32. The molecule has 3 N–H and O–H groups in total. The van der Waals surface area contributed by atoms with E-state index < -0.39 is 0 Å². The summed E-state index contributed by atoms with van der Waals surface area (Å²) in [4.78, 5) is 29.3. The number of benzene rings is 1. The number of piperazine rings is 1. The Hall–Kier alpha value is -1.92. The zero-order valence-corrected chi connectivity index (χ0v) is 16.3. The Kier molecular flexibility index (Phi) is 6.85. The van der Waals surface area contributed by atoms with Crippen LogP contribution >= 0.6 is 0 Å². The van der Waals surface area contributed by atoms with E-state index in [9.17, 15) is 9.59 Å². The van der Waals surface area contributed by atoms with Crippen LogP contribution in [0, 0.1) is 11.8 Å². The van der Waals surface area contributed by atoms with Crippen molar-refractivity contribution in [2.75, 3.05) is 44.6 Å².